The fraction of sp³-hybridized carbons (Fsp3) is 0.800. The van der Waals surface area contributed by atoms with Crippen molar-refractivity contribution in [1.29, 1.82) is 0 Å². The second-order valence-electron chi connectivity index (χ2n) is 15.1. The smallest absolute Gasteiger partial charge is 0.220 e. The van der Waals surface area contributed by atoms with Crippen molar-refractivity contribution in [3.8, 4) is 0 Å². The summed E-state index contributed by atoms with van der Waals surface area (Å²) in [6.07, 6.45) is 37.2. The summed E-state index contributed by atoms with van der Waals surface area (Å²) in [5.74, 6) is -0.203. The minimum absolute atomic E-state index is 0.203. The first kappa shape index (κ1) is 50.2. The van der Waals surface area contributed by atoms with Gasteiger partial charge in [-0.1, -0.05) is 152 Å². The van der Waals surface area contributed by atoms with Gasteiger partial charge in [-0.05, 0) is 64.2 Å². The van der Waals surface area contributed by atoms with Gasteiger partial charge in [0.1, 0.15) is 24.4 Å². The van der Waals surface area contributed by atoms with E-state index in [1.54, 1.807) is 6.08 Å². The predicted octanol–water partition coefficient (Wildman–Crippen LogP) is 8.67. The molecule has 9 heteroatoms. The zero-order chi connectivity index (χ0) is 39.5. The van der Waals surface area contributed by atoms with Crippen LogP contribution in [0, 0.1) is 0 Å². The molecule has 0 radical (unpaired) electrons. The van der Waals surface area contributed by atoms with E-state index < -0.39 is 49.5 Å². The largest absolute Gasteiger partial charge is 0.394 e. The fourth-order valence-corrected chi connectivity index (χ4v) is 6.55. The highest BCUT2D eigenvalue weighted by molar-refractivity contribution is 5.76. The van der Waals surface area contributed by atoms with Crippen LogP contribution in [-0.2, 0) is 14.3 Å². The molecule has 54 heavy (non-hydrogen) atoms. The van der Waals surface area contributed by atoms with Crippen LogP contribution >= 0.6 is 0 Å². The Labute approximate surface area is 329 Å². The third-order valence-electron chi connectivity index (χ3n) is 10.1. The second kappa shape index (κ2) is 35.6. The average molecular weight is 764 g/mol. The van der Waals surface area contributed by atoms with Crippen LogP contribution in [0.25, 0.3) is 0 Å². The number of nitrogens with one attached hydrogen (secondary N) is 1. The third-order valence-corrected chi connectivity index (χ3v) is 10.1. The van der Waals surface area contributed by atoms with Crippen LogP contribution in [0.4, 0.5) is 0 Å². The lowest BCUT2D eigenvalue weighted by atomic mass is 9.99. The predicted molar refractivity (Wildman–Crippen MR) is 221 cm³/mol. The molecule has 0 aliphatic carbocycles. The third kappa shape index (κ3) is 26.1. The number of unbranched alkanes of at least 4 members (excludes halogenated alkanes) is 19. The van der Waals surface area contributed by atoms with Crippen molar-refractivity contribution in [1.82, 2.24) is 5.32 Å². The Kier molecular flexibility index (Phi) is 33.0. The first-order valence-corrected chi connectivity index (χ1v) is 21.9. The van der Waals surface area contributed by atoms with Crippen molar-refractivity contribution in [2.75, 3.05) is 13.2 Å². The summed E-state index contributed by atoms with van der Waals surface area (Å²) < 4.78 is 11.2. The molecule has 314 valence electrons. The quantitative estimate of drug-likeness (QED) is 0.0278. The van der Waals surface area contributed by atoms with Crippen LogP contribution in [0.1, 0.15) is 174 Å². The topological polar surface area (TPSA) is 149 Å². The lowest BCUT2D eigenvalue weighted by molar-refractivity contribution is -0.302. The minimum atomic E-state index is -1.57. The summed E-state index contributed by atoms with van der Waals surface area (Å²) in [6, 6.07) is -0.828. The van der Waals surface area contributed by atoms with E-state index in [-0.39, 0.29) is 12.5 Å². The Morgan fingerprint density at radius 3 is 1.70 bits per heavy atom. The number of ether oxygens (including phenoxy) is 2. The number of allylic oxidation sites excluding steroid dienone is 7. The molecule has 1 aliphatic heterocycles. The number of carbonyl (C=O) groups excluding carboxylic acids is 1. The van der Waals surface area contributed by atoms with E-state index in [4.69, 9.17) is 9.47 Å². The minimum Gasteiger partial charge on any atom is -0.394 e. The highest BCUT2D eigenvalue weighted by Gasteiger charge is 2.44. The second-order valence-corrected chi connectivity index (χ2v) is 15.1. The normalized spacial score (nSPS) is 21.9. The van der Waals surface area contributed by atoms with Gasteiger partial charge in [0.05, 0.1) is 25.4 Å². The van der Waals surface area contributed by atoms with Gasteiger partial charge >= 0.3 is 0 Å². The van der Waals surface area contributed by atoms with Crippen LogP contribution in [0.5, 0.6) is 0 Å². The molecule has 1 rings (SSSR count). The molecule has 0 aromatic rings. The van der Waals surface area contributed by atoms with E-state index in [2.05, 4.69) is 55.6 Å². The van der Waals surface area contributed by atoms with Gasteiger partial charge in [0.2, 0.25) is 5.91 Å². The average Bonchev–Trinajstić information content (AvgIpc) is 3.17. The number of hydrogen-bond donors (Lipinski definition) is 6. The molecule has 1 fully saturated rings. The Bertz CT molecular complexity index is 983. The van der Waals surface area contributed by atoms with Crippen LogP contribution in [0.2, 0.25) is 0 Å². The maximum atomic E-state index is 12.9. The van der Waals surface area contributed by atoms with Crippen LogP contribution in [0.3, 0.4) is 0 Å². The maximum Gasteiger partial charge on any atom is 0.220 e. The molecule has 0 bridgehead atoms. The van der Waals surface area contributed by atoms with E-state index in [1.807, 2.05) is 6.08 Å². The molecule has 6 N–H and O–H groups in total. The van der Waals surface area contributed by atoms with Crippen molar-refractivity contribution in [2.24, 2.45) is 0 Å². The summed E-state index contributed by atoms with van der Waals surface area (Å²) >= 11 is 0. The van der Waals surface area contributed by atoms with Crippen molar-refractivity contribution in [2.45, 2.75) is 217 Å². The molecule has 1 heterocycles. The van der Waals surface area contributed by atoms with Gasteiger partial charge in [-0.3, -0.25) is 4.79 Å². The highest BCUT2D eigenvalue weighted by Crippen LogP contribution is 2.22. The van der Waals surface area contributed by atoms with Gasteiger partial charge in [0.25, 0.3) is 0 Å². The van der Waals surface area contributed by atoms with Crippen molar-refractivity contribution in [3.05, 3.63) is 48.6 Å². The van der Waals surface area contributed by atoms with Gasteiger partial charge in [0, 0.05) is 6.42 Å². The lowest BCUT2D eigenvalue weighted by Gasteiger charge is -2.40. The number of hydrogen-bond acceptors (Lipinski definition) is 8. The summed E-state index contributed by atoms with van der Waals surface area (Å²) in [5.41, 5.74) is 0. The molecular weight excluding hydrogens is 682 g/mol. The van der Waals surface area contributed by atoms with Crippen LogP contribution in [-0.4, -0.2) is 87.5 Å². The van der Waals surface area contributed by atoms with Gasteiger partial charge in [-0.15, -0.1) is 0 Å². The van der Waals surface area contributed by atoms with E-state index in [0.717, 1.165) is 64.2 Å². The maximum absolute atomic E-state index is 12.9. The van der Waals surface area contributed by atoms with Gasteiger partial charge < -0.3 is 40.3 Å². The van der Waals surface area contributed by atoms with Crippen molar-refractivity contribution < 1.29 is 39.8 Å². The zero-order valence-electron chi connectivity index (χ0n) is 34.2. The van der Waals surface area contributed by atoms with E-state index in [1.165, 1.54) is 89.9 Å². The zero-order valence-corrected chi connectivity index (χ0v) is 34.2. The molecule has 1 aliphatic rings. The molecule has 2 unspecified atom stereocenters. The fourth-order valence-electron chi connectivity index (χ4n) is 6.55. The molecular formula is C45H81NO8. The number of amides is 1. The van der Waals surface area contributed by atoms with Gasteiger partial charge in [0.15, 0.2) is 6.29 Å². The van der Waals surface area contributed by atoms with Crippen LogP contribution in [0.15, 0.2) is 48.6 Å². The summed E-state index contributed by atoms with van der Waals surface area (Å²) in [7, 11) is 0. The Morgan fingerprint density at radius 2 is 1.11 bits per heavy atom. The molecule has 1 saturated heterocycles. The molecule has 0 spiro atoms. The van der Waals surface area contributed by atoms with Gasteiger partial charge in [-0.25, -0.2) is 0 Å². The van der Waals surface area contributed by atoms with E-state index in [0.29, 0.717) is 6.42 Å². The van der Waals surface area contributed by atoms with Crippen LogP contribution < -0.4 is 5.32 Å². The summed E-state index contributed by atoms with van der Waals surface area (Å²) in [4.78, 5) is 12.9. The van der Waals surface area contributed by atoms with Gasteiger partial charge in [-0.2, -0.15) is 0 Å². The number of aliphatic hydroxyl groups is 5. The Hall–Kier alpha value is -1.85. The lowest BCUT2D eigenvalue weighted by Crippen LogP contribution is -2.60. The summed E-state index contributed by atoms with van der Waals surface area (Å²) in [5, 5.41) is 54.1. The Balaban J connectivity index is 2.44. The standard InChI is InChI=1S/C45H81NO8/c1-3-5-7-9-11-13-15-17-19-21-22-24-26-28-30-32-34-39(48)38(37-53-45-44(52)43(51)42(50)40(36-47)54-45)46-41(49)35-33-31-29-27-25-23-20-18-16-14-12-10-8-6-4-2/h12,14,18,20,24,26,32,34,38-40,42-45,47-48,50-52H,3-11,13,15-17,19,21-23,25,27-31,33,35-37H2,1-2H3,(H,46,49)/b14-12+,20-18+,26-24+,34-32+/t38-,39+,40+,42+,43?,44?,45+/m0/s1. The number of carbonyl (C=O) groups is 1. The molecule has 7 atom stereocenters. The molecule has 0 aromatic carbocycles. The number of rotatable bonds is 35. The SMILES string of the molecule is CCCCC/C=C/C/C=C/CCCCCCCC(=O)N[C@@H](CO[C@@H]1O[C@H](CO)[C@@H](O)C(O)C1O)[C@H](O)/C=C/CC/C=C/CCCCCCCCCCCC. The molecule has 1 amide bonds. The van der Waals surface area contributed by atoms with E-state index in [9.17, 15) is 30.3 Å². The number of aliphatic hydroxyl groups excluding tert-OH is 5. The van der Waals surface area contributed by atoms with Crippen molar-refractivity contribution in [3.63, 3.8) is 0 Å². The molecule has 0 aromatic heterocycles. The molecule has 0 saturated carbocycles. The monoisotopic (exact) mass is 764 g/mol. The molecule has 9 nitrogen and oxygen atoms in total. The van der Waals surface area contributed by atoms with E-state index >= 15 is 0 Å². The highest BCUT2D eigenvalue weighted by atomic mass is 16.7. The first-order chi connectivity index (χ1) is 26.3. The first-order valence-electron chi connectivity index (χ1n) is 21.9. The Morgan fingerprint density at radius 1 is 0.630 bits per heavy atom. The van der Waals surface area contributed by atoms with Crippen molar-refractivity contribution >= 4 is 5.91 Å². The summed E-state index contributed by atoms with van der Waals surface area (Å²) in [6.45, 7) is 3.70.